The van der Waals surface area contributed by atoms with Crippen LogP contribution >= 0.6 is 15.9 Å². The molecule has 0 aliphatic heterocycles. The minimum absolute atomic E-state index is 0.0246. The molecule has 3 nitrogen and oxygen atoms in total. The van der Waals surface area contributed by atoms with Gasteiger partial charge in [0.05, 0.1) is 4.47 Å². The molecule has 0 heterocycles. The highest BCUT2D eigenvalue weighted by atomic mass is 79.9. The molecule has 7 heteroatoms. The van der Waals surface area contributed by atoms with E-state index >= 15 is 0 Å². The summed E-state index contributed by atoms with van der Waals surface area (Å²) in [5, 5.41) is 2.37. The van der Waals surface area contributed by atoms with Crippen LogP contribution in [0, 0.1) is 0 Å². The molecule has 1 aromatic carbocycles. The summed E-state index contributed by atoms with van der Waals surface area (Å²) in [6, 6.07) is 4.17. The highest BCUT2D eigenvalue weighted by Gasteiger charge is 2.28. The normalized spacial score (nSPS) is 11.1. The Bertz CT molecular complexity index is 421. The van der Waals surface area contributed by atoms with Crippen LogP contribution in [-0.2, 0) is 0 Å². The van der Waals surface area contributed by atoms with Crippen LogP contribution in [0.4, 0.5) is 13.2 Å². The number of hydrogen-bond acceptors (Lipinski definition) is 2. The van der Waals surface area contributed by atoms with Gasteiger partial charge in [-0.1, -0.05) is 0 Å². The van der Waals surface area contributed by atoms with Gasteiger partial charge in [-0.25, -0.2) is 0 Å². The summed E-state index contributed by atoms with van der Waals surface area (Å²) in [6.07, 6.45) is -4.41. The van der Waals surface area contributed by atoms with Crippen molar-refractivity contribution in [1.29, 1.82) is 0 Å². The Kier molecular flexibility index (Phi) is 4.39. The maximum absolute atomic E-state index is 12.0. The van der Waals surface area contributed by atoms with Crippen molar-refractivity contribution in [1.82, 2.24) is 5.32 Å². The first-order valence-electron chi connectivity index (χ1n) is 4.54. The summed E-state index contributed by atoms with van der Waals surface area (Å²) < 4.78 is 40.9. The van der Waals surface area contributed by atoms with Gasteiger partial charge in [0.1, 0.15) is 5.75 Å². The second-order valence-electron chi connectivity index (χ2n) is 3.13. The van der Waals surface area contributed by atoms with Gasteiger partial charge in [0.25, 0.3) is 5.91 Å². The smallest absolute Gasteiger partial charge is 0.422 e. The number of ether oxygens (including phenoxy) is 1. The van der Waals surface area contributed by atoms with E-state index in [1.54, 1.807) is 0 Å². The van der Waals surface area contributed by atoms with Crippen molar-refractivity contribution in [2.75, 3.05) is 13.7 Å². The molecule has 0 aliphatic rings. The number of halogens is 4. The van der Waals surface area contributed by atoms with Crippen molar-refractivity contribution < 1.29 is 22.7 Å². The van der Waals surface area contributed by atoms with Gasteiger partial charge in [-0.3, -0.25) is 4.79 Å². The van der Waals surface area contributed by atoms with Gasteiger partial charge >= 0.3 is 6.18 Å². The van der Waals surface area contributed by atoms with E-state index in [1.165, 1.54) is 25.2 Å². The number of hydrogen-bond donors (Lipinski definition) is 1. The molecule has 0 unspecified atom stereocenters. The minimum atomic E-state index is -4.41. The summed E-state index contributed by atoms with van der Waals surface area (Å²) in [4.78, 5) is 11.3. The van der Waals surface area contributed by atoms with Gasteiger partial charge < -0.3 is 10.1 Å². The van der Waals surface area contributed by atoms with Crippen LogP contribution < -0.4 is 10.1 Å². The van der Waals surface area contributed by atoms with Gasteiger partial charge in [-0.15, -0.1) is 0 Å². The molecule has 0 atom stereocenters. The third-order valence-electron chi connectivity index (χ3n) is 1.81. The number of carbonyl (C=O) groups excluding carboxylic acids is 1. The van der Waals surface area contributed by atoms with E-state index in [2.05, 4.69) is 26.0 Å². The maximum atomic E-state index is 12.0. The fourth-order valence-electron chi connectivity index (χ4n) is 1.06. The summed E-state index contributed by atoms with van der Waals surface area (Å²) >= 11 is 3.05. The van der Waals surface area contributed by atoms with E-state index in [0.29, 0.717) is 4.47 Å². The predicted molar refractivity (Wildman–Crippen MR) is 59.1 cm³/mol. The van der Waals surface area contributed by atoms with Crippen molar-refractivity contribution >= 4 is 21.8 Å². The molecule has 0 saturated heterocycles. The lowest BCUT2D eigenvalue weighted by atomic mass is 10.2. The number of amides is 1. The first-order chi connectivity index (χ1) is 7.83. The monoisotopic (exact) mass is 311 g/mol. The predicted octanol–water partition coefficient (Wildman–Crippen LogP) is 2.75. The van der Waals surface area contributed by atoms with Crippen molar-refractivity contribution in [3.63, 3.8) is 0 Å². The van der Waals surface area contributed by atoms with Crippen molar-refractivity contribution in [3.05, 3.63) is 28.2 Å². The molecule has 0 spiro atoms. The Hall–Kier alpha value is -1.24. The number of alkyl halides is 3. The molecule has 1 amide bonds. The highest BCUT2D eigenvalue weighted by molar-refractivity contribution is 9.10. The Labute approximate surface area is 104 Å². The summed E-state index contributed by atoms with van der Waals surface area (Å²) in [6.45, 7) is -1.40. The zero-order valence-corrected chi connectivity index (χ0v) is 10.4. The molecule has 0 fully saturated rings. The molecule has 0 radical (unpaired) electrons. The van der Waals surface area contributed by atoms with Crippen molar-refractivity contribution in [2.24, 2.45) is 0 Å². The average molecular weight is 312 g/mol. The largest absolute Gasteiger partial charge is 0.483 e. The number of nitrogens with one attached hydrogen (secondary N) is 1. The average Bonchev–Trinajstić information content (AvgIpc) is 2.26. The molecule has 0 bridgehead atoms. The fourth-order valence-corrected chi connectivity index (χ4v) is 1.42. The van der Waals surface area contributed by atoms with Crippen LogP contribution in [0.2, 0.25) is 0 Å². The quantitative estimate of drug-likeness (QED) is 0.932. The fraction of sp³-hybridized carbons (Fsp3) is 0.300. The number of carbonyl (C=O) groups is 1. The maximum Gasteiger partial charge on any atom is 0.422 e. The molecule has 0 aliphatic carbocycles. The van der Waals surface area contributed by atoms with E-state index < -0.39 is 18.7 Å². The Morgan fingerprint density at radius 2 is 2.12 bits per heavy atom. The van der Waals surface area contributed by atoms with E-state index in [1.807, 2.05) is 0 Å². The van der Waals surface area contributed by atoms with Gasteiger partial charge in [0.15, 0.2) is 6.61 Å². The van der Waals surface area contributed by atoms with Crippen LogP contribution in [0.1, 0.15) is 10.4 Å². The molecule has 1 aromatic rings. The second kappa shape index (κ2) is 5.39. The first-order valence-corrected chi connectivity index (χ1v) is 5.34. The van der Waals surface area contributed by atoms with E-state index in [-0.39, 0.29) is 11.3 Å². The van der Waals surface area contributed by atoms with Crippen LogP contribution in [-0.4, -0.2) is 25.7 Å². The summed E-state index contributed by atoms with van der Waals surface area (Å²) in [7, 11) is 1.43. The van der Waals surface area contributed by atoms with E-state index in [9.17, 15) is 18.0 Å². The first kappa shape index (κ1) is 13.8. The van der Waals surface area contributed by atoms with Gasteiger partial charge in [0, 0.05) is 12.6 Å². The number of benzene rings is 1. The Morgan fingerprint density at radius 1 is 1.47 bits per heavy atom. The molecular formula is C10H9BrF3NO2. The molecule has 0 saturated carbocycles. The molecule has 1 N–H and O–H groups in total. The second-order valence-corrected chi connectivity index (χ2v) is 3.98. The van der Waals surface area contributed by atoms with Crippen molar-refractivity contribution in [3.8, 4) is 5.75 Å². The van der Waals surface area contributed by atoms with Crippen LogP contribution in [0.15, 0.2) is 22.7 Å². The van der Waals surface area contributed by atoms with Crippen LogP contribution in [0.25, 0.3) is 0 Å². The third-order valence-corrected chi connectivity index (χ3v) is 2.47. The van der Waals surface area contributed by atoms with Crippen molar-refractivity contribution in [2.45, 2.75) is 6.18 Å². The lowest BCUT2D eigenvalue weighted by molar-refractivity contribution is -0.153. The molecule has 17 heavy (non-hydrogen) atoms. The van der Waals surface area contributed by atoms with Gasteiger partial charge in [-0.05, 0) is 34.1 Å². The highest BCUT2D eigenvalue weighted by Crippen LogP contribution is 2.28. The Morgan fingerprint density at radius 3 is 2.65 bits per heavy atom. The van der Waals surface area contributed by atoms with Gasteiger partial charge in [0.2, 0.25) is 0 Å². The standard InChI is InChI=1S/C10H9BrF3NO2/c1-15-9(16)6-2-3-7(11)8(4-6)17-5-10(12,13)14/h2-4H,5H2,1H3,(H,15,16). The van der Waals surface area contributed by atoms with E-state index in [0.717, 1.165) is 0 Å². The topological polar surface area (TPSA) is 38.3 Å². The summed E-state index contributed by atoms with van der Waals surface area (Å²) in [5.41, 5.74) is 0.230. The lowest BCUT2D eigenvalue weighted by Gasteiger charge is -2.11. The number of rotatable bonds is 3. The van der Waals surface area contributed by atoms with Crippen LogP contribution in [0.3, 0.4) is 0 Å². The molecule has 1 rings (SSSR count). The molecular weight excluding hydrogens is 303 g/mol. The zero-order chi connectivity index (χ0) is 13.1. The molecule has 0 aromatic heterocycles. The summed E-state index contributed by atoms with van der Waals surface area (Å²) in [5.74, 6) is -0.419. The zero-order valence-electron chi connectivity index (χ0n) is 8.77. The Balaban J connectivity index is 2.87. The molecule has 94 valence electrons. The lowest BCUT2D eigenvalue weighted by Crippen LogP contribution is -2.20. The van der Waals surface area contributed by atoms with Gasteiger partial charge in [-0.2, -0.15) is 13.2 Å². The van der Waals surface area contributed by atoms with E-state index in [4.69, 9.17) is 0 Å². The third kappa shape index (κ3) is 4.26. The SMILES string of the molecule is CNC(=O)c1ccc(Br)c(OCC(F)(F)F)c1. The van der Waals surface area contributed by atoms with Crippen LogP contribution in [0.5, 0.6) is 5.75 Å². The minimum Gasteiger partial charge on any atom is -0.483 e.